The second kappa shape index (κ2) is 13.2. The van der Waals surface area contributed by atoms with Gasteiger partial charge in [-0.15, -0.1) is 0 Å². The van der Waals surface area contributed by atoms with Crippen LogP contribution in [0.15, 0.2) is 206 Å². The number of fused-ring (bicyclic) bond motifs is 7. The summed E-state index contributed by atoms with van der Waals surface area (Å²) in [5.41, 5.74) is 9.97. The maximum absolute atomic E-state index is 2.40. The molecule has 11 rings (SSSR count). The molecule has 0 aliphatic heterocycles. The highest BCUT2D eigenvalue weighted by molar-refractivity contribution is 6.25. The third-order valence-electron chi connectivity index (χ3n) is 11.7. The van der Waals surface area contributed by atoms with Crippen molar-refractivity contribution in [2.45, 2.75) is 0 Å². The van der Waals surface area contributed by atoms with Crippen molar-refractivity contribution in [2.75, 3.05) is 0 Å². The van der Waals surface area contributed by atoms with Crippen LogP contribution in [0.5, 0.6) is 0 Å². The minimum atomic E-state index is 1.17. The van der Waals surface area contributed by atoms with Gasteiger partial charge in [0.2, 0.25) is 0 Å². The van der Waals surface area contributed by atoms with Gasteiger partial charge in [0.15, 0.2) is 0 Å². The van der Waals surface area contributed by atoms with Crippen molar-refractivity contribution in [3.8, 4) is 33.4 Å². The summed E-state index contributed by atoms with van der Waals surface area (Å²) < 4.78 is 0. The normalized spacial score (nSPS) is 11.9. The predicted molar refractivity (Wildman–Crippen MR) is 243 cm³/mol. The van der Waals surface area contributed by atoms with Gasteiger partial charge >= 0.3 is 0 Å². The Hall–Kier alpha value is -7.28. The molecular formula is C56H36. The topological polar surface area (TPSA) is 0 Å². The van der Waals surface area contributed by atoms with Crippen LogP contribution in [0.3, 0.4) is 0 Å². The standard InChI is InChI=1S/C56H36/c1-3-17-42-38(14-1)16-13-27-47(42)49-35-34-39(43-18-5-6-20-45(43)49)31-28-37-29-32-40(33-30-37)55-50-23-9-11-25-52(50)56(53-26-12-10-24-51(53)55)54-36-41-15-2-4-19-44(41)46-21-7-8-22-48(46)54/h1-36H/b31-28+. The van der Waals surface area contributed by atoms with Crippen LogP contribution in [0.4, 0.5) is 0 Å². The maximum Gasteiger partial charge on any atom is -0.00199 e. The van der Waals surface area contributed by atoms with E-state index < -0.39 is 0 Å². The summed E-state index contributed by atoms with van der Waals surface area (Å²) in [6.07, 6.45) is 4.50. The average molecular weight is 709 g/mol. The van der Waals surface area contributed by atoms with Gasteiger partial charge in [0.1, 0.15) is 0 Å². The highest BCUT2D eigenvalue weighted by Gasteiger charge is 2.19. The van der Waals surface area contributed by atoms with Crippen LogP contribution >= 0.6 is 0 Å². The van der Waals surface area contributed by atoms with E-state index in [1.807, 2.05) is 0 Å². The zero-order valence-corrected chi connectivity index (χ0v) is 30.8. The lowest BCUT2D eigenvalue weighted by molar-refractivity contribution is 1.63. The number of hydrogen-bond donors (Lipinski definition) is 0. The minimum absolute atomic E-state index is 1.17. The Balaban J connectivity index is 1.01. The Morgan fingerprint density at radius 1 is 0.250 bits per heavy atom. The smallest absolute Gasteiger partial charge is 0.00199 e. The molecule has 56 heavy (non-hydrogen) atoms. The molecule has 0 N–H and O–H groups in total. The van der Waals surface area contributed by atoms with Crippen molar-refractivity contribution >= 4 is 76.8 Å². The molecule has 0 atom stereocenters. The molecule has 260 valence electrons. The minimum Gasteiger partial charge on any atom is -0.0616 e. The predicted octanol–water partition coefficient (Wildman–Crippen LogP) is 15.8. The van der Waals surface area contributed by atoms with Gasteiger partial charge in [-0.1, -0.05) is 212 Å². The first-order chi connectivity index (χ1) is 27.8. The Morgan fingerprint density at radius 3 is 1.41 bits per heavy atom. The molecule has 11 aromatic carbocycles. The fourth-order valence-corrected chi connectivity index (χ4v) is 9.10. The van der Waals surface area contributed by atoms with Crippen molar-refractivity contribution in [1.82, 2.24) is 0 Å². The molecule has 0 aliphatic rings. The molecule has 0 aromatic heterocycles. The zero-order chi connectivity index (χ0) is 37.0. The molecule has 0 bridgehead atoms. The highest BCUT2D eigenvalue weighted by atomic mass is 14.2. The average Bonchev–Trinajstić information content (AvgIpc) is 3.27. The lowest BCUT2D eigenvalue weighted by atomic mass is 9.84. The number of hydrogen-bond acceptors (Lipinski definition) is 0. The Labute approximate surface area is 326 Å². The van der Waals surface area contributed by atoms with Gasteiger partial charge in [0.05, 0.1) is 0 Å². The molecule has 0 saturated carbocycles. The van der Waals surface area contributed by atoms with Crippen molar-refractivity contribution in [3.63, 3.8) is 0 Å². The second-order valence-electron chi connectivity index (χ2n) is 14.8. The molecule has 0 unspecified atom stereocenters. The fraction of sp³-hybridized carbons (Fsp3) is 0. The van der Waals surface area contributed by atoms with Crippen molar-refractivity contribution in [3.05, 3.63) is 217 Å². The summed E-state index contributed by atoms with van der Waals surface area (Å²) in [5, 5.41) is 15.2. The zero-order valence-electron chi connectivity index (χ0n) is 30.8. The van der Waals surface area contributed by atoms with E-state index in [2.05, 4.69) is 218 Å². The Kier molecular flexibility index (Phi) is 7.60. The van der Waals surface area contributed by atoms with Gasteiger partial charge in [-0.2, -0.15) is 0 Å². The Morgan fingerprint density at radius 2 is 0.732 bits per heavy atom. The van der Waals surface area contributed by atoms with E-state index in [0.717, 1.165) is 0 Å². The second-order valence-corrected chi connectivity index (χ2v) is 14.8. The van der Waals surface area contributed by atoms with Crippen molar-refractivity contribution < 1.29 is 0 Å². The lowest BCUT2D eigenvalue weighted by Gasteiger charge is -2.19. The van der Waals surface area contributed by atoms with E-state index in [-0.39, 0.29) is 0 Å². The first-order valence-electron chi connectivity index (χ1n) is 19.4. The molecule has 0 saturated heterocycles. The van der Waals surface area contributed by atoms with Crippen LogP contribution in [0.1, 0.15) is 11.1 Å². The molecule has 11 aromatic rings. The SMILES string of the molecule is C(=C\c1ccc(-c2cccc3ccccc23)c2ccccc12)/c1ccc(-c2c3ccccc3c(-c3cc4ccccc4c4ccccc34)c3ccccc23)cc1. The van der Waals surface area contributed by atoms with E-state index in [9.17, 15) is 0 Å². The maximum atomic E-state index is 2.40. The highest BCUT2D eigenvalue weighted by Crippen LogP contribution is 2.46. The monoisotopic (exact) mass is 708 g/mol. The van der Waals surface area contributed by atoms with Crippen LogP contribution in [0.25, 0.3) is 110 Å². The van der Waals surface area contributed by atoms with Gasteiger partial charge in [0.25, 0.3) is 0 Å². The van der Waals surface area contributed by atoms with Gasteiger partial charge in [0, 0.05) is 0 Å². The molecule has 0 nitrogen and oxygen atoms in total. The fourth-order valence-electron chi connectivity index (χ4n) is 9.10. The summed E-state index contributed by atoms with van der Waals surface area (Å²) >= 11 is 0. The Bertz CT molecular complexity index is 3280. The summed E-state index contributed by atoms with van der Waals surface area (Å²) in [6, 6.07) is 75.6. The van der Waals surface area contributed by atoms with Gasteiger partial charge in [-0.3, -0.25) is 0 Å². The largest absolute Gasteiger partial charge is 0.0616 e. The summed E-state index contributed by atoms with van der Waals surface area (Å²) in [6.45, 7) is 0. The number of rotatable bonds is 5. The third kappa shape index (κ3) is 5.22. The summed E-state index contributed by atoms with van der Waals surface area (Å²) in [5.74, 6) is 0. The van der Waals surface area contributed by atoms with Crippen LogP contribution in [-0.4, -0.2) is 0 Å². The van der Waals surface area contributed by atoms with Crippen LogP contribution in [-0.2, 0) is 0 Å². The molecule has 0 aliphatic carbocycles. The van der Waals surface area contributed by atoms with Crippen LogP contribution < -0.4 is 0 Å². The quantitative estimate of drug-likeness (QED) is 0.0949. The van der Waals surface area contributed by atoms with Gasteiger partial charge < -0.3 is 0 Å². The number of benzene rings is 11. The molecule has 0 fully saturated rings. The van der Waals surface area contributed by atoms with E-state index in [1.165, 1.54) is 109 Å². The molecule has 0 spiro atoms. The summed E-state index contributed by atoms with van der Waals surface area (Å²) in [7, 11) is 0. The first-order valence-corrected chi connectivity index (χ1v) is 19.4. The van der Waals surface area contributed by atoms with Crippen molar-refractivity contribution in [1.29, 1.82) is 0 Å². The van der Waals surface area contributed by atoms with Crippen LogP contribution in [0.2, 0.25) is 0 Å². The molecular weight excluding hydrogens is 673 g/mol. The van der Waals surface area contributed by atoms with Gasteiger partial charge in [-0.05, 0) is 115 Å². The molecule has 0 heteroatoms. The van der Waals surface area contributed by atoms with E-state index in [4.69, 9.17) is 0 Å². The molecule has 0 radical (unpaired) electrons. The lowest BCUT2D eigenvalue weighted by Crippen LogP contribution is -1.92. The molecule has 0 amide bonds. The molecule has 0 heterocycles. The van der Waals surface area contributed by atoms with E-state index in [1.54, 1.807) is 0 Å². The van der Waals surface area contributed by atoms with Crippen molar-refractivity contribution in [2.24, 2.45) is 0 Å². The van der Waals surface area contributed by atoms with E-state index in [0.29, 0.717) is 0 Å². The van der Waals surface area contributed by atoms with Gasteiger partial charge in [-0.25, -0.2) is 0 Å². The third-order valence-corrected chi connectivity index (χ3v) is 11.7. The summed E-state index contributed by atoms with van der Waals surface area (Å²) in [4.78, 5) is 0. The first kappa shape index (κ1) is 32.2. The van der Waals surface area contributed by atoms with Crippen LogP contribution in [0, 0.1) is 0 Å². The van der Waals surface area contributed by atoms with E-state index >= 15 is 0 Å².